The largest absolute Gasteiger partial charge is 0.504 e. The summed E-state index contributed by atoms with van der Waals surface area (Å²) in [5.41, 5.74) is 2.61. The number of rotatable bonds is 1. The molecule has 0 unspecified atom stereocenters. The minimum atomic E-state index is -0.417. The summed E-state index contributed by atoms with van der Waals surface area (Å²) < 4.78 is 0. The molecule has 0 saturated carbocycles. The molecule has 7 heteroatoms. The molecule has 23 heavy (non-hydrogen) atoms. The first kappa shape index (κ1) is 14.3. The molecule has 2 aliphatic rings. The first-order valence-corrected chi connectivity index (χ1v) is 8.27. The predicted molar refractivity (Wildman–Crippen MR) is 88.0 cm³/mol. The maximum Gasteiger partial charge on any atom is 0.256 e. The van der Waals surface area contributed by atoms with E-state index in [1.165, 1.54) is 17.0 Å². The molecule has 4 rings (SSSR count). The van der Waals surface area contributed by atoms with Crippen LogP contribution in [0, 0.1) is 0 Å². The summed E-state index contributed by atoms with van der Waals surface area (Å²) in [6.45, 7) is 1.82. The van der Waals surface area contributed by atoms with Crippen LogP contribution in [0.4, 0.5) is 5.00 Å². The van der Waals surface area contributed by atoms with E-state index >= 15 is 0 Å². The van der Waals surface area contributed by atoms with E-state index in [9.17, 15) is 15.0 Å². The number of carbonyl (C=O) groups is 1. The summed E-state index contributed by atoms with van der Waals surface area (Å²) in [4.78, 5) is 16.1. The van der Waals surface area contributed by atoms with E-state index in [0.717, 1.165) is 35.6 Å². The Morgan fingerprint density at radius 1 is 1.26 bits per heavy atom. The third kappa shape index (κ3) is 2.32. The van der Waals surface area contributed by atoms with Gasteiger partial charge in [-0.2, -0.15) is 0 Å². The second-order valence-corrected chi connectivity index (χ2v) is 7.10. The zero-order valence-corrected chi connectivity index (χ0v) is 13.4. The molecule has 3 heterocycles. The van der Waals surface area contributed by atoms with Crippen molar-refractivity contribution in [3.63, 3.8) is 0 Å². The van der Waals surface area contributed by atoms with Gasteiger partial charge in [0.1, 0.15) is 11.2 Å². The van der Waals surface area contributed by atoms with Gasteiger partial charge in [0, 0.05) is 18.0 Å². The number of thiophene rings is 1. The molecule has 0 fully saturated rings. The fourth-order valence-electron chi connectivity index (χ4n) is 3.13. The Balaban J connectivity index is 1.70. The van der Waals surface area contributed by atoms with Gasteiger partial charge in [0.2, 0.25) is 0 Å². The first-order valence-electron chi connectivity index (χ1n) is 7.45. The average molecular weight is 331 g/mol. The Labute approximate surface area is 137 Å². The minimum Gasteiger partial charge on any atom is -0.504 e. The van der Waals surface area contributed by atoms with Crippen LogP contribution < -0.4 is 10.6 Å². The molecule has 0 radical (unpaired) electrons. The van der Waals surface area contributed by atoms with Crippen LogP contribution >= 0.6 is 11.3 Å². The fraction of sp³-hybridized carbons (Fsp3) is 0.312. The van der Waals surface area contributed by atoms with Gasteiger partial charge in [-0.15, -0.1) is 11.3 Å². The van der Waals surface area contributed by atoms with E-state index in [0.29, 0.717) is 5.56 Å². The first-order chi connectivity index (χ1) is 11.0. The van der Waals surface area contributed by atoms with Crippen molar-refractivity contribution < 1.29 is 15.0 Å². The average Bonchev–Trinajstić information content (AvgIpc) is 2.87. The summed E-state index contributed by atoms with van der Waals surface area (Å²) in [5, 5.41) is 26.2. The Kier molecular flexibility index (Phi) is 3.21. The van der Waals surface area contributed by atoms with E-state index < -0.39 is 6.17 Å². The van der Waals surface area contributed by atoms with E-state index in [1.807, 2.05) is 0 Å². The van der Waals surface area contributed by atoms with Gasteiger partial charge < -0.3 is 25.7 Å². The van der Waals surface area contributed by atoms with Crippen LogP contribution in [0.25, 0.3) is 0 Å². The highest BCUT2D eigenvalue weighted by Crippen LogP contribution is 2.41. The van der Waals surface area contributed by atoms with E-state index in [1.54, 1.807) is 17.4 Å². The zero-order chi connectivity index (χ0) is 16.1. The number of hydrogen-bond acceptors (Lipinski definition) is 6. The summed E-state index contributed by atoms with van der Waals surface area (Å²) in [6, 6.07) is 4.56. The van der Waals surface area contributed by atoms with Crippen LogP contribution in [-0.2, 0) is 13.0 Å². The standard InChI is InChI=1S/C16H17N3O3S/c1-19-5-4-9-12(7-19)23-16-13(9)15(22)17-14(18-16)8-2-3-10(20)11(21)6-8/h2-3,6,14,18,20-21H,4-5,7H2,1H3,(H,17,22)/t14-/m0/s1. The smallest absolute Gasteiger partial charge is 0.256 e. The lowest BCUT2D eigenvalue weighted by atomic mass is 10.0. The van der Waals surface area contributed by atoms with Crippen molar-refractivity contribution >= 4 is 22.2 Å². The number of nitrogens with zero attached hydrogens (tertiary/aromatic N) is 1. The van der Waals surface area contributed by atoms with Crippen LogP contribution in [0.5, 0.6) is 11.5 Å². The zero-order valence-electron chi connectivity index (χ0n) is 12.6. The predicted octanol–water partition coefficient (Wildman–Crippen LogP) is 2.00. The maximum atomic E-state index is 12.6. The molecule has 0 saturated heterocycles. The monoisotopic (exact) mass is 331 g/mol. The molecular weight excluding hydrogens is 314 g/mol. The summed E-state index contributed by atoms with van der Waals surface area (Å²) in [7, 11) is 2.08. The number of fused-ring (bicyclic) bond motifs is 3. The van der Waals surface area contributed by atoms with Gasteiger partial charge >= 0.3 is 0 Å². The summed E-state index contributed by atoms with van der Waals surface area (Å²) in [5.74, 6) is -0.457. The number of phenols is 2. The number of carbonyl (C=O) groups excluding carboxylic acids is 1. The van der Waals surface area contributed by atoms with E-state index in [2.05, 4.69) is 22.6 Å². The Bertz CT molecular complexity index is 802. The molecule has 0 spiro atoms. The molecule has 1 aromatic carbocycles. The highest BCUT2D eigenvalue weighted by Gasteiger charge is 2.32. The van der Waals surface area contributed by atoms with Crippen LogP contribution in [0.15, 0.2) is 18.2 Å². The van der Waals surface area contributed by atoms with E-state index in [4.69, 9.17) is 0 Å². The molecule has 120 valence electrons. The van der Waals surface area contributed by atoms with Crippen LogP contribution in [0.1, 0.15) is 32.5 Å². The quantitative estimate of drug-likeness (QED) is 0.601. The van der Waals surface area contributed by atoms with Gasteiger partial charge in [0.25, 0.3) is 5.91 Å². The number of likely N-dealkylation sites (N-methyl/N-ethyl adjacent to an activating group) is 1. The third-order valence-electron chi connectivity index (χ3n) is 4.36. The lowest BCUT2D eigenvalue weighted by Crippen LogP contribution is -2.38. The number of anilines is 1. The molecular formula is C16H17N3O3S. The van der Waals surface area contributed by atoms with Gasteiger partial charge in [-0.1, -0.05) is 6.07 Å². The molecule has 1 atom stereocenters. The number of nitrogens with one attached hydrogen (secondary N) is 2. The van der Waals surface area contributed by atoms with Gasteiger partial charge in [-0.25, -0.2) is 0 Å². The Hall–Kier alpha value is -2.25. The lowest BCUT2D eigenvalue weighted by Gasteiger charge is -2.27. The minimum absolute atomic E-state index is 0.0848. The number of benzene rings is 1. The number of aromatic hydroxyl groups is 2. The van der Waals surface area contributed by atoms with Gasteiger partial charge in [-0.3, -0.25) is 4.79 Å². The second-order valence-electron chi connectivity index (χ2n) is 5.99. The molecule has 0 bridgehead atoms. The summed E-state index contributed by atoms with van der Waals surface area (Å²) >= 11 is 1.63. The maximum absolute atomic E-state index is 12.6. The van der Waals surface area contributed by atoms with Crippen molar-refractivity contribution in [1.82, 2.24) is 10.2 Å². The van der Waals surface area contributed by atoms with Gasteiger partial charge in [0.15, 0.2) is 11.5 Å². The SMILES string of the molecule is CN1CCc2c(sc3c2C(=O)N[C@H](c2ccc(O)c(O)c2)N3)C1. The molecule has 2 aromatic rings. The van der Waals surface area contributed by atoms with Crippen LogP contribution in [0.2, 0.25) is 0 Å². The second kappa shape index (κ2) is 5.14. The van der Waals surface area contributed by atoms with E-state index in [-0.39, 0.29) is 17.4 Å². The molecule has 1 amide bonds. The van der Waals surface area contributed by atoms with Crippen molar-refractivity contribution in [1.29, 1.82) is 0 Å². The van der Waals surface area contributed by atoms with Gasteiger partial charge in [0.05, 0.1) is 5.56 Å². The lowest BCUT2D eigenvalue weighted by molar-refractivity contribution is 0.0934. The Morgan fingerprint density at radius 2 is 2.09 bits per heavy atom. The Morgan fingerprint density at radius 3 is 2.87 bits per heavy atom. The number of hydrogen-bond donors (Lipinski definition) is 4. The van der Waals surface area contributed by atoms with Crippen LogP contribution in [-0.4, -0.2) is 34.6 Å². The van der Waals surface area contributed by atoms with Crippen molar-refractivity contribution in [3.8, 4) is 11.5 Å². The van der Waals surface area contributed by atoms with Crippen molar-refractivity contribution in [2.24, 2.45) is 0 Å². The van der Waals surface area contributed by atoms with Crippen molar-refractivity contribution in [2.45, 2.75) is 19.1 Å². The normalized spacial score (nSPS) is 20.4. The van der Waals surface area contributed by atoms with Crippen molar-refractivity contribution in [3.05, 3.63) is 39.8 Å². The molecule has 2 aliphatic heterocycles. The number of amides is 1. The molecule has 6 nitrogen and oxygen atoms in total. The fourth-order valence-corrected chi connectivity index (χ4v) is 4.48. The van der Waals surface area contributed by atoms with Gasteiger partial charge in [-0.05, 0) is 36.7 Å². The topological polar surface area (TPSA) is 84.8 Å². The third-order valence-corrected chi connectivity index (χ3v) is 5.51. The molecule has 4 N–H and O–H groups in total. The highest BCUT2D eigenvalue weighted by molar-refractivity contribution is 7.16. The van der Waals surface area contributed by atoms with Crippen molar-refractivity contribution in [2.75, 3.05) is 18.9 Å². The van der Waals surface area contributed by atoms with Crippen LogP contribution in [0.3, 0.4) is 0 Å². The highest BCUT2D eigenvalue weighted by atomic mass is 32.1. The number of phenolic OH excluding ortho intramolecular Hbond substituents is 2. The molecule has 1 aromatic heterocycles. The molecule has 0 aliphatic carbocycles. The summed E-state index contributed by atoms with van der Waals surface area (Å²) in [6.07, 6.45) is 0.469.